The highest BCUT2D eigenvalue weighted by Crippen LogP contribution is 2.18. The van der Waals surface area contributed by atoms with E-state index in [0.717, 1.165) is 5.69 Å². The van der Waals surface area contributed by atoms with Crippen molar-refractivity contribution in [2.24, 2.45) is 0 Å². The zero-order chi connectivity index (χ0) is 12.8. The molecule has 0 fully saturated rings. The normalized spacial score (nSPS) is 9.76. The number of amides is 1. The predicted molar refractivity (Wildman–Crippen MR) is 68.0 cm³/mol. The van der Waals surface area contributed by atoms with Crippen LogP contribution >= 0.6 is 0 Å². The number of rotatable bonds is 5. The fourth-order valence-electron chi connectivity index (χ4n) is 1.44. The molecule has 0 aliphatic heterocycles. The Morgan fingerprint density at radius 2 is 2.06 bits per heavy atom. The molecule has 5 heteroatoms. The van der Waals surface area contributed by atoms with Crippen molar-refractivity contribution in [3.63, 3.8) is 0 Å². The summed E-state index contributed by atoms with van der Waals surface area (Å²) in [6, 6.07) is 5.03. The number of hydrogen-bond acceptors (Lipinski definition) is 4. The van der Waals surface area contributed by atoms with Gasteiger partial charge in [-0.2, -0.15) is 0 Å². The number of anilines is 2. The summed E-state index contributed by atoms with van der Waals surface area (Å²) in [7, 11) is 0. The van der Waals surface area contributed by atoms with Crippen LogP contribution < -0.4 is 16.4 Å². The van der Waals surface area contributed by atoms with E-state index in [4.69, 9.17) is 5.73 Å². The number of hydrogen-bond donors (Lipinski definition) is 3. The average molecular weight is 235 g/mol. The minimum absolute atomic E-state index is 0.0715. The molecule has 0 radical (unpaired) electrons. The first-order chi connectivity index (χ1) is 8.04. The molecule has 17 heavy (non-hydrogen) atoms. The van der Waals surface area contributed by atoms with Gasteiger partial charge in [0.2, 0.25) is 5.91 Å². The van der Waals surface area contributed by atoms with E-state index in [2.05, 4.69) is 10.6 Å². The molecule has 1 amide bonds. The quantitative estimate of drug-likeness (QED) is 0.525. The minimum atomic E-state index is -0.0817. The van der Waals surface area contributed by atoms with Crippen molar-refractivity contribution in [3.05, 3.63) is 23.8 Å². The first-order valence-electron chi connectivity index (χ1n) is 5.45. The molecule has 0 saturated heterocycles. The van der Waals surface area contributed by atoms with Gasteiger partial charge in [0, 0.05) is 23.5 Å². The van der Waals surface area contributed by atoms with Crippen molar-refractivity contribution in [3.8, 4) is 0 Å². The fraction of sp³-hybridized carbons (Fsp3) is 0.333. The van der Waals surface area contributed by atoms with Crippen LogP contribution in [0.1, 0.15) is 24.2 Å². The summed E-state index contributed by atoms with van der Waals surface area (Å²) in [5.41, 5.74) is 7.36. The molecule has 4 N–H and O–H groups in total. The maximum Gasteiger partial charge on any atom is 0.239 e. The summed E-state index contributed by atoms with van der Waals surface area (Å²) in [6.07, 6.45) is 0. The van der Waals surface area contributed by atoms with Gasteiger partial charge >= 0.3 is 0 Å². The second-order valence-corrected chi connectivity index (χ2v) is 3.67. The van der Waals surface area contributed by atoms with Crippen molar-refractivity contribution in [2.75, 3.05) is 24.1 Å². The molecule has 1 aromatic rings. The van der Waals surface area contributed by atoms with Gasteiger partial charge in [-0.3, -0.25) is 9.59 Å². The monoisotopic (exact) mass is 235 g/mol. The molecule has 0 aliphatic rings. The molecule has 92 valence electrons. The number of Topliss-reactive ketones (excluding diaryl/α,β-unsaturated/α-hetero) is 1. The predicted octanol–water partition coefficient (Wildman–Crippen LogP) is 1.02. The smallest absolute Gasteiger partial charge is 0.239 e. The van der Waals surface area contributed by atoms with Gasteiger partial charge in [-0.15, -0.1) is 0 Å². The van der Waals surface area contributed by atoms with Gasteiger partial charge in [-0.05, 0) is 32.0 Å². The molecule has 0 unspecified atom stereocenters. The SMILES string of the molecule is CCNC(=O)CNc1ccc(C(C)=O)c(N)c1. The molecule has 0 aromatic heterocycles. The lowest BCUT2D eigenvalue weighted by atomic mass is 10.1. The number of nitrogen functional groups attached to an aromatic ring is 1. The molecule has 1 rings (SSSR count). The van der Waals surface area contributed by atoms with Gasteiger partial charge in [-0.25, -0.2) is 0 Å². The number of nitrogens with two attached hydrogens (primary N) is 1. The Balaban J connectivity index is 2.65. The van der Waals surface area contributed by atoms with Crippen molar-refractivity contribution in [2.45, 2.75) is 13.8 Å². The first kappa shape index (κ1) is 13.0. The van der Waals surface area contributed by atoms with Gasteiger partial charge in [0.05, 0.1) is 6.54 Å². The number of likely N-dealkylation sites (N-methyl/N-ethyl adjacent to an activating group) is 1. The number of benzene rings is 1. The van der Waals surface area contributed by atoms with E-state index >= 15 is 0 Å². The van der Waals surface area contributed by atoms with Crippen LogP contribution in [0.5, 0.6) is 0 Å². The third-order valence-electron chi connectivity index (χ3n) is 2.26. The van der Waals surface area contributed by atoms with Crippen LogP contribution in [0.4, 0.5) is 11.4 Å². The Labute approximate surface area is 100 Å². The minimum Gasteiger partial charge on any atom is -0.398 e. The van der Waals surface area contributed by atoms with Crippen LogP contribution in [0.3, 0.4) is 0 Å². The maximum absolute atomic E-state index is 11.2. The molecule has 5 nitrogen and oxygen atoms in total. The molecule has 0 heterocycles. The Morgan fingerprint density at radius 1 is 1.35 bits per heavy atom. The van der Waals surface area contributed by atoms with Crippen LogP contribution in [0, 0.1) is 0 Å². The third kappa shape index (κ3) is 3.79. The summed E-state index contributed by atoms with van der Waals surface area (Å²) >= 11 is 0. The number of carbonyl (C=O) groups excluding carboxylic acids is 2. The highest BCUT2D eigenvalue weighted by Gasteiger charge is 2.05. The topological polar surface area (TPSA) is 84.2 Å². The molecule has 0 atom stereocenters. The molecule has 0 bridgehead atoms. The van der Waals surface area contributed by atoms with E-state index in [1.165, 1.54) is 6.92 Å². The second kappa shape index (κ2) is 5.89. The molecule has 1 aromatic carbocycles. The van der Waals surface area contributed by atoms with Crippen molar-refractivity contribution in [1.29, 1.82) is 0 Å². The van der Waals surface area contributed by atoms with E-state index in [-0.39, 0.29) is 18.2 Å². The van der Waals surface area contributed by atoms with Crippen molar-refractivity contribution < 1.29 is 9.59 Å². The van der Waals surface area contributed by atoms with Crippen LogP contribution in [0.2, 0.25) is 0 Å². The summed E-state index contributed by atoms with van der Waals surface area (Å²) in [5.74, 6) is -0.153. The fourth-order valence-corrected chi connectivity index (χ4v) is 1.44. The molecule has 0 spiro atoms. The Bertz CT molecular complexity index is 430. The first-order valence-corrected chi connectivity index (χ1v) is 5.45. The third-order valence-corrected chi connectivity index (χ3v) is 2.26. The van der Waals surface area contributed by atoms with Gasteiger partial charge < -0.3 is 16.4 Å². The van der Waals surface area contributed by atoms with E-state index in [1.807, 2.05) is 6.92 Å². The zero-order valence-corrected chi connectivity index (χ0v) is 10.0. The summed E-state index contributed by atoms with van der Waals surface area (Å²) in [4.78, 5) is 22.4. The largest absolute Gasteiger partial charge is 0.398 e. The molecule has 0 aliphatic carbocycles. The van der Waals surface area contributed by atoms with E-state index in [9.17, 15) is 9.59 Å². The van der Waals surface area contributed by atoms with Crippen molar-refractivity contribution >= 4 is 23.1 Å². The Hall–Kier alpha value is -2.04. The molecule has 0 saturated carbocycles. The summed E-state index contributed by atoms with van der Waals surface area (Å²) in [6.45, 7) is 4.11. The average Bonchev–Trinajstić information content (AvgIpc) is 2.26. The Kier molecular flexibility index (Phi) is 4.51. The lowest BCUT2D eigenvalue weighted by molar-refractivity contribution is -0.119. The zero-order valence-electron chi connectivity index (χ0n) is 10.0. The van der Waals surface area contributed by atoms with E-state index in [1.54, 1.807) is 18.2 Å². The number of carbonyl (C=O) groups is 2. The Morgan fingerprint density at radius 3 is 2.59 bits per heavy atom. The summed E-state index contributed by atoms with van der Waals surface area (Å²) < 4.78 is 0. The highest BCUT2D eigenvalue weighted by atomic mass is 16.1. The van der Waals surface area contributed by atoms with Crippen LogP contribution in [-0.4, -0.2) is 24.8 Å². The number of ketones is 1. The molecular weight excluding hydrogens is 218 g/mol. The van der Waals surface area contributed by atoms with E-state index < -0.39 is 0 Å². The van der Waals surface area contributed by atoms with Gasteiger partial charge in [0.25, 0.3) is 0 Å². The van der Waals surface area contributed by atoms with Gasteiger partial charge in [-0.1, -0.05) is 0 Å². The van der Waals surface area contributed by atoms with Crippen LogP contribution in [0.25, 0.3) is 0 Å². The maximum atomic E-state index is 11.2. The highest BCUT2D eigenvalue weighted by molar-refractivity contribution is 5.99. The lowest BCUT2D eigenvalue weighted by Gasteiger charge is -2.08. The second-order valence-electron chi connectivity index (χ2n) is 3.67. The van der Waals surface area contributed by atoms with Crippen molar-refractivity contribution in [1.82, 2.24) is 5.32 Å². The lowest BCUT2D eigenvalue weighted by Crippen LogP contribution is -2.29. The van der Waals surface area contributed by atoms with Crippen LogP contribution in [-0.2, 0) is 4.79 Å². The molecular formula is C12H17N3O2. The van der Waals surface area contributed by atoms with E-state index in [0.29, 0.717) is 17.8 Å². The number of nitrogens with one attached hydrogen (secondary N) is 2. The standard InChI is InChI=1S/C12H17N3O2/c1-3-14-12(17)7-15-9-4-5-10(8(2)16)11(13)6-9/h4-6,15H,3,7,13H2,1-2H3,(H,14,17). The van der Waals surface area contributed by atoms with Crippen LogP contribution in [0.15, 0.2) is 18.2 Å². The van der Waals surface area contributed by atoms with Gasteiger partial charge in [0.1, 0.15) is 0 Å². The van der Waals surface area contributed by atoms with Gasteiger partial charge in [0.15, 0.2) is 5.78 Å². The summed E-state index contributed by atoms with van der Waals surface area (Å²) in [5, 5.41) is 5.61.